The van der Waals surface area contributed by atoms with Crippen molar-refractivity contribution in [1.29, 1.82) is 0 Å². The Bertz CT molecular complexity index is 175. The number of rotatable bonds is 3. The average Bonchev–Trinajstić information content (AvgIpc) is 2.70. The second-order valence-electron chi connectivity index (χ2n) is 4.22. The number of nitrogens with zero attached hydrogens (tertiary/aromatic N) is 1. The first-order chi connectivity index (χ1) is 6.40. The Hall–Kier alpha value is -0.340. The van der Waals surface area contributed by atoms with Gasteiger partial charge in [0.1, 0.15) is 0 Å². The fourth-order valence-corrected chi connectivity index (χ4v) is 2.52. The highest BCUT2D eigenvalue weighted by Gasteiger charge is 2.30. The van der Waals surface area contributed by atoms with Crippen molar-refractivity contribution in [3.63, 3.8) is 0 Å². The Balaban J connectivity index is 1.79. The van der Waals surface area contributed by atoms with Gasteiger partial charge in [-0.1, -0.05) is 6.08 Å². The normalized spacial score (nSPS) is 35.4. The Morgan fingerprint density at radius 3 is 3.00 bits per heavy atom. The molecular formula is C11H19NO. The molecule has 2 nitrogen and oxygen atoms in total. The molecule has 0 saturated carbocycles. The van der Waals surface area contributed by atoms with Gasteiger partial charge in [0, 0.05) is 26.3 Å². The summed E-state index contributed by atoms with van der Waals surface area (Å²) in [5.74, 6) is 1.73. The van der Waals surface area contributed by atoms with E-state index in [-0.39, 0.29) is 0 Å². The third kappa shape index (κ3) is 2.12. The molecule has 0 N–H and O–H groups in total. The monoisotopic (exact) mass is 181 g/mol. The van der Waals surface area contributed by atoms with Gasteiger partial charge in [-0.05, 0) is 31.2 Å². The summed E-state index contributed by atoms with van der Waals surface area (Å²) >= 11 is 0. The zero-order valence-corrected chi connectivity index (χ0v) is 8.24. The molecule has 2 rings (SSSR count). The van der Waals surface area contributed by atoms with Crippen molar-refractivity contribution in [1.82, 2.24) is 4.90 Å². The first-order valence-corrected chi connectivity index (χ1v) is 5.31. The van der Waals surface area contributed by atoms with Crippen molar-refractivity contribution in [2.75, 3.05) is 32.8 Å². The van der Waals surface area contributed by atoms with Crippen LogP contribution in [0.2, 0.25) is 0 Å². The maximum atomic E-state index is 5.43. The van der Waals surface area contributed by atoms with Crippen LogP contribution in [0.4, 0.5) is 0 Å². The molecule has 2 unspecified atom stereocenters. The Kier molecular flexibility index (Phi) is 3.01. The predicted octanol–water partition coefficient (Wildman–Crippen LogP) is 1.53. The van der Waals surface area contributed by atoms with E-state index in [4.69, 9.17) is 4.74 Å². The highest BCUT2D eigenvalue weighted by atomic mass is 16.5. The summed E-state index contributed by atoms with van der Waals surface area (Å²) in [6.45, 7) is 9.36. The molecule has 0 aromatic heterocycles. The van der Waals surface area contributed by atoms with Gasteiger partial charge in [-0.15, -0.1) is 6.58 Å². The quantitative estimate of drug-likeness (QED) is 0.612. The minimum atomic E-state index is 0.842. The molecule has 2 atom stereocenters. The molecule has 0 aliphatic carbocycles. The second kappa shape index (κ2) is 4.25. The molecule has 0 amide bonds. The van der Waals surface area contributed by atoms with E-state index >= 15 is 0 Å². The van der Waals surface area contributed by atoms with Crippen LogP contribution in [0.3, 0.4) is 0 Å². The van der Waals surface area contributed by atoms with Crippen molar-refractivity contribution in [2.24, 2.45) is 11.8 Å². The van der Waals surface area contributed by atoms with Gasteiger partial charge in [0.05, 0.1) is 0 Å². The molecule has 2 heterocycles. The van der Waals surface area contributed by atoms with E-state index in [1.165, 1.54) is 25.9 Å². The van der Waals surface area contributed by atoms with Gasteiger partial charge in [0.15, 0.2) is 0 Å². The van der Waals surface area contributed by atoms with Crippen molar-refractivity contribution < 1.29 is 4.74 Å². The number of ether oxygens (including phenoxy) is 1. The van der Waals surface area contributed by atoms with Gasteiger partial charge in [-0.25, -0.2) is 0 Å². The van der Waals surface area contributed by atoms with Crippen LogP contribution in [-0.4, -0.2) is 37.7 Å². The Labute approximate surface area is 80.6 Å². The van der Waals surface area contributed by atoms with Crippen LogP contribution >= 0.6 is 0 Å². The van der Waals surface area contributed by atoms with Crippen molar-refractivity contribution >= 4 is 0 Å². The van der Waals surface area contributed by atoms with Crippen LogP contribution in [0.15, 0.2) is 12.7 Å². The molecule has 2 aliphatic heterocycles. The molecule has 13 heavy (non-hydrogen) atoms. The molecule has 2 fully saturated rings. The molecule has 0 radical (unpaired) electrons. The minimum absolute atomic E-state index is 0.842. The van der Waals surface area contributed by atoms with E-state index in [0.717, 1.165) is 31.6 Å². The summed E-state index contributed by atoms with van der Waals surface area (Å²) in [4.78, 5) is 2.50. The average molecular weight is 181 g/mol. The molecule has 2 aliphatic rings. The summed E-state index contributed by atoms with van der Waals surface area (Å²) in [6.07, 6.45) is 4.65. The smallest absolute Gasteiger partial charge is 0.0498 e. The molecule has 74 valence electrons. The van der Waals surface area contributed by atoms with Crippen LogP contribution < -0.4 is 0 Å². The first kappa shape index (κ1) is 9.22. The largest absolute Gasteiger partial charge is 0.381 e. The highest BCUT2D eigenvalue weighted by Crippen LogP contribution is 2.29. The van der Waals surface area contributed by atoms with Crippen LogP contribution in [0.1, 0.15) is 12.8 Å². The topological polar surface area (TPSA) is 12.5 Å². The second-order valence-corrected chi connectivity index (χ2v) is 4.22. The number of likely N-dealkylation sites (tertiary alicyclic amines) is 1. The van der Waals surface area contributed by atoms with Crippen molar-refractivity contribution in [3.8, 4) is 0 Å². The van der Waals surface area contributed by atoms with Gasteiger partial charge >= 0.3 is 0 Å². The Morgan fingerprint density at radius 1 is 1.38 bits per heavy atom. The van der Waals surface area contributed by atoms with E-state index in [1.54, 1.807) is 0 Å². The van der Waals surface area contributed by atoms with Gasteiger partial charge in [-0.3, -0.25) is 4.90 Å². The number of hydrogen-bond donors (Lipinski definition) is 0. The summed E-state index contributed by atoms with van der Waals surface area (Å²) in [6, 6.07) is 0. The maximum Gasteiger partial charge on any atom is 0.0498 e. The lowest BCUT2D eigenvalue weighted by Gasteiger charge is -2.17. The van der Waals surface area contributed by atoms with E-state index in [9.17, 15) is 0 Å². The molecule has 0 aromatic carbocycles. The van der Waals surface area contributed by atoms with Gasteiger partial charge in [0.25, 0.3) is 0 Å². The minimum Gasteiger partial charge on any atom is -0.381 e. The van der Waals surface area contributed by atoms with Gasteiger partial charge in [-0.2, -0.15) is 0 Å². The lowest BCUT2D eigenvalue weighted by atomic mass is 9.91. The molecule has 2 saturated heterocycles. The van der Waals surface area contributed by atoms with Crippen LogP contribution in [0.5, 0.6) is 0 Å². The summed E-state index contributed by atoms with van der Waals surface area (Å²) in [5.41, 5.74) is 0. The summed E-state index contributed by atoms with van der Waals surface area (Å²) in [5, 5.41) is 0. The standard InChI is InChI=1S/C11H19NO/c1-2-5-12-6-3-10(8-12)11-4-7-13-9-11/h2,10-11H,1,3-9H2. The zero-order chi connectivity index (χ0) is 9.10. The fraction of sp³-hybridized carbons (Fsp3) is 0.818. The fourth-order valence-electron chi connectivity index (χ4n) is 2.52. The molecule has 0 aromatic rings. The zero-order valence-electron chi connectivity index (χ0n) is 8.24. The van der Waals surface area contributed by atoms with Crippen LogP contribution in [0.25, 0.3) is 0 Å². The third-order valence-electron chi connectivity index (χ3n) is 3.33. The molecule has 0 spiro atoms. The number of hydrogen-bond acceptors (Lipinski definition) is 2. The van der Waals surface area contributed by atoms with Crippen molar-refractivity contribution in [2.45, 2.75) is 12.8 Å². The first-order valence-electron chi connectivity index (χ1n) is 5.31. The van der Waals surface area contributed by atoms with Crippen molar-refractivity contribution in [3.05, 3.63) is 12.7 Å². The van der Waals surface area contributed by atoms with E-state index < -0.39 is 0 Å². The highest BCUT2D eigenvalue weighted by molar-refractivity contribution is 4.85. The third-order valence-corrected chi connectivity index (χ3v) is 3.33. The van der Waals surface area contributed by atoms with E-state index in [2.05, 4.69) is 11.5 Å². The Morgan fingerprint density at radius 2 is 2.31 bits per heavy atom. The van der Waals surface area contributed by atoms with Crippen LogP contribution in [-0.2, 0) is 4.74 Å². The van der Waals surface area contributed by atoms with E-state index in [1.807, 2.05) is 6.08 Å². The van der Waals surface area contributed by atoms with E-state index in [0.29, 0.717) is 0 Å². The summed E-state index contributed by atoms with van der Waals surface area (Å²) in [7, 11) is 0. The molecule has 0 bridgehead atoms. The lowest BCUT2D eigenvalue weighted by Crippen LogP contribution is -2.23. The summed E-state index contributed by atoms with van der Waals surface area (Å²) < 4.78 is 5.43. The van der Waals surface area contributed by atoms with Gasteiger partial charge in [0.2, 0.25) is 0 Å². The van der Waals surface area contributed by atoms with Gasteiger partial charge < -0.3 is 4.74 Å². The SMILES string of the molecule is C=CCN1CCC(C2CCOC2)C1. The maximum absolute atomic E-state index is 5.43. The predicted molar refractivity (Wildman–Crippen MR) is 53.7 cm³/mol. The molecular weight excluding hydrogens is 162 g/mol. The lowest BCUT2D eigenvalue weighted by molar-refractivity contribution is 0.172. The van der Waals surface area contributed by atoms with Crippen LogP contribution in [0, 0.1) is 11.8 Å². The molecule has 2 heteroatoms.